The first-order chi connectivity index (χ1) is 5.37. The lowest BCUT2D eigenvalue weighted by molar-refractivity contribution is -0.143. The first-order valence-electron chi connectivity index (χ1n) is 2.77. The molecule has 8 heteroatoms. The van der Waals surface area contributed by atoms with Crippen LogP contribution >= 0.6 is 8.46 Å². The van der Waals surface area contributed by atoms with Crippen LogP contribution in [0.3, 0.4) is 0 Å². The lowest BCUT2D eigenvalue weighted by atomic mass is 10.4. The number of hydrogen-bond donors (Lipinski definition) is 1. The van der Waals surface area contributed by atoms with Gasteiger partial charge in [0, 0.05) is 0 Å². The van der Waals surface area contributed by atoms with Crippen LogP contribution in [0.5, 0.6) is 0 Å². The van der Waals surface area contributed by atoms with Gasteiger partial charge in [-0.3, -0.25) is 8.75 Å². The lowest BCUT2D eigenvalue weighted by Gasteiger charge is -2.06. The second-order valence-electron chi connectivity index (χ2n) is 1.94. The molecule has 0 aliphatic heterocycles. The predicted molar refractivity (Wildman–Crippen MR) is 39.8 cm³/mol. The Bertz CT molecular complexity index is 269. The maximum Gasteiger partial charge on any atom is 0.335 e. The summed E-state index contributed by atoms with van der Waals surface area (Å²) in [7, 11) is -4.29. The molecule has 0 amide bonds. The zero-order valence-electron chi connectivity index (χ0n) is 6.13. The van der Waals surface area contributed by atoms with Crippen molar-refractivity contribution < 1.29 is 27.1 Å². The van der Waals surface area contributed by atoms with Gasteiger partial charge in [-0.15, -0.1) is 0 Å². The molecular weight excluding hydrogens is 207 g/mol. The molecule has 0 aromatic heterocycles. The van der Waals surface area contributed by atoms with Gasteiger partial charge in [0.15, 0.2) is 14.6 Å². The molecule has 0 aliphatic carbocycles. The fourth-order valence-corrected chi connectivity index (χ4v) is 1.47. The van der Waals surface area contributed by atoms with Gasteiger partial charge in [-0.25, -0.2) is 4.79 Å². The molecule has 70 valence electrons. The Labute approximate surface area is 70.9 Å². The SMILES string of the molecule is CS(=O)(=O)OC(CP=O)C(=O)O. The molecular formula is C4H7O6PS. The molecule has 0 saturated carbocycles. The van der Waals surface area contributed by atoms with Crippen molar-refractivity contribution in [3.05, 3.63) is 0 Å². The molecule has 1 atom stereocenters. The summed E-state index contributed by atoms with van der Waals surface area (Å²) in [6, 6.07) is 0. The van der Waals surface area contributed by atoms with Crippen LogP contribution in [-0.2, 0) is 23.7 Å². The average Bonchev–Trinajstić information content (AvgIpc) is 1.83. The number of aliphatic carboxylic acids is 1. The number of carbonyl (C=O) groups is 1. The van der Waals surface area contributed by atoms with Crippen LogP contribution in [0.4, 0.5) is 0 Å². The highest BCUT2D eigenvalue weighted by Crippen LogP contribution is 2.04. The van der Waals surface area contributed by atoms with E-state index in [0.717, 1.165) is 6.26 Å². The summed E-state index contributed by atoms with van der Waals surface area (Å²) in [5.41, 5.74) is 0. The zero-order valence-corrected chi connectivity index (χ0v) is 7.84. The number of rotatable bonds is 5. The van der Waals surface area contributed by atoms with E-state index < -0.39 is 30.7 Å². The van der Waals surface area contributed by atoms with Crippen LogP contribution in [0.25, 0.3) is 0 Å². The Morgan fingerprint density at radius 2 is 2.17 bits per heavy atom. The standard InChI is InChI=1S/C4H7O6PS/c1-12(8,9)10-3(2-11-7)4(5)6/h3H,2H2,1H3,(H,5,6). The van der Waals surface area contributed by atoms with Gasteiger partial charge in [0.25, 0.3) is 10.1 Å². The Balaban J connectivity index is 4.34. The third-order valence-corrected chi connectivity index (χ3v) is 1.87. The van der Waals surface area contributed by atoms with E-state index in [9.17, 15) is 17.8 Å². The number of carboxylic acid groups (broad SMARTS) is 1. The van der Waals surface area contributed by atoms with E-state index in [1.54, 1.807) is 0 Å². The van der Waals surface area contributed by atoms with Crippen molar-refractivity contribution in [3.63, 3.8) is 0 Å². The van der Waals surface area contributed by atoms with Crippen LogP contribution < -0.4 is 0 Å². The van der Waals surface area contributed by atoms with Gasteiger partial charge < -0.3 is 5.11 Å². The highest BCUT2D eigenvalue weighted by Gasteiger charge is 2.22. The average molecular weight is 214 g/mol. The Kier molecular flexibility index (Phi) is 4.30. The lowest BCUT2D eigenvalue weighted by Crippen LogP contribution is -2.28. The molecule has 0 radical (unpaired) electrons. The normalized spacial score (nSPS) is 14.4. The van der Waals surface area contributed by atoms with Crippen LogP contribution in [0.2, 0.25) is 0 Å². The zero-order chi connectivity index (χ0) is 9.78. The highest BCUT2D eigenvalue weighted by atomic mass is 32.2. The van der Waals surface area contributed by atoms with E-state index in [1.807, 2.05) is 0 Å². The maximum atomic E-state index is 10.4. The van der Waals surface area contributed by atoms with Gasteiger partial charge in [-0.1, -0.05) is 0 Å². The molecule has 0 heterocycles. The van der Waals surface area contributed by atoms with E-state index in [1.165, 1.54) is 0 Å². The molecule has 0 saturated heterocycles. The van der Waals surface area contributed by atoms with E-state index in [-0.39, 0.29) is 6.16 Å². The van der Waals surface area contributed by atoms with E-state index in [0.29, 0.717) is 0 Å². The van der Waals surface area contributed by atoms with Crippen molar-refractivity contribution in [1.29, 1.82) is 0 Å². The van der Waals surface area contributed by atoms with Crippen LogP contribution in [-0.4, -0.2) is 38.0 Å². The van der Waals surface area contributed by atoms with Gasteiger partial charge >= 0.3 is 5.97 Å². The summed E-state index contributed by atoms with van der Waals surface area (Å²) in [5, 5.41) is 8.33. The fourth-order valence-electron chi connectivity index (χ4n) is 0.428. The van der Waals surface area contributed by atoms with Crippen molar-refractivity contribution in [3.8, 4) is 0 Å². The van der Waals surface area contributed by atoms with E-state index >= 15 is 0 Å². The van der Waals surface area contributed by atoms with Gasteiger partial charge in [-0.2, -0.15) is 8.42 Å². The van der Waals surface area contributed by atoms with Gasteiger partial charge in [0.2, 0.25) is 0 Å². The third kappa shape index (κ3) is 5.17. The molecule has 0 aromatic carbocycles. The van der Waals surface area contributed by atoms with Crippen molar-refractivity contribution in [2.75, 3.05) is 12.4 Å². The van der Waals surface area contributed by atoms with Gasteiger partial charge in [0.05, 0.1) is 12.4 Å². The second kappa shape index (κ2) is 4.49. The van der Waals surface area contributed by atoms with Crippen molar-refractivity contribution in [1.82, 2.24) is 0 Å². The quantitative estimate of drug-likeness (QED) is 0.498. The minimum absolute atomic E-state index is 0.387. The van der Waals surface area contributed by atoms with Crippen molar-refractivity contribution >= 4 is 24.5 Å². The summed E-state index contributed by atoms with van der Waals surface area (Å²) in [6.45, 7) is 0. The third-order valence-electron chi connectivity index (χ3n) is 0.807. The molecule has 0 aromatic rings. The second-order valence-corrected chi connectivity index (χ2v) is 4.16. The monoisotopic (exact) mass is 214 g/mol. The smallest absolute Gasteiger partial charge is 0.335 e. The summed E-state index contributed by atoms with van der Waals surface area (Å²) in [6.07, 6.45) is -1.23. The molecule has 6 nitrogen and oxygen atoms in total. The highest BCUT2D eigenvalue weighted by molar-refractivity contribution is 7.86. The van der Waals surface area contributed by atoms with E-state index in [4.69, 9.17) is 5.11 Å². The van der Waals surface area contributed by atoms with Gasteiger partial charge in [-0.05, 0) is 0 Å². The largest absolute Gasteiger partial charge is 0.479 e. The van der Waals surface area contributed by atoms with Crippen LogP contribution in [0.1, 0.15) is 0 Å². The Hall–Kier alpha value is -0.520. The first-order valence-corrected chi connectivity index (χ1v) is 5.58. The topological polar surface area (TPSA) is 97.7 Å². The van der Waals surface area contributed by atoms with Crippen LogP contribution in [0, 0.1) is 0 Å². The predicted octanol–water partition coefficient (Wildman–Crippen LogP) is -0.293. The van der Waals surface area contributed by atoms with Crippen molar-refractivity contribution in [2.45, 2.75) is 6.10 Å². The molecule has 0 spiro atoms. The summed E-state index contributed by atoms with van der Waals surface area (Å²) in [4.78, 5) is 10.2. The molecule has 12 heavy (non-hydrogen) atoms. The van der Waals surface area contributed by atoms with E-state index in [2.05, 4.69) is 4.18 Å². The molecule has 1 N–H and O–H groups in total. The maximum absolute atomic E-state index is 10.4. The summed E-state index contributed by atoms with van der Waals surface area (Å²) in [5.74, 6) is -1.45. The Morgan fingerprint density at radius 1 is 1.67 bits per heavy atom. The fraction of sp³-hybridized carbons (Fsp3) is 0.750. The summed E-state index contributed by atoms with van der Waals surface area (Å²) >= 11 is 0. The molecule has 0 bridgehead atoms. The number of hydrogen-bond acceptors (Lipinski definition) is 5. The Morgan fingerprint density at radius 3 is 2.42 bits per heavy atom. The molecule has 0 fully saturated rings. The minimum Gasteiger partial charge on any atom is -0.479 e. The molecule has 0 aliphatic rings. The van der Waals surface area contributed by atoms with Crippen LogP contribution in [0.15, 0.2) is 0 Å². The minimum atomic E-state index is -3.81. The molecule has 1 unspecified atom stereocenters. The van der Waals surface area contributed by atoms with Gasteiger partial charge in [0.1, 0.15) is 0 Å². The summed E-state index contributed by atoms with van der Waals surface area (Å²) < 4.78 is 34.9. The first kappa shape index (κ1) is 11.5. The number of carboxylic acids is 1. The molecule has 0 rings (SSSR count). The van der Waals surface area contributed by atoms with Crippen molar-refractivity contribution in [2.24, 2.45) is 0 Å².